The Morgan fingerprint density at radius 1 is 1.03 bits per heavy atom. The van der Waals surface area contributed by atoms with E-state index in [1.165, 1.54) is 15.6 Å². The van der Waals surface area contributed by atoms with Crippen LogP contribution in [-0.2, 0) is 16.4 Å². The van der Waals surface area contributed by atoms with Crippen LogP contribution in [0.15, 0.2) is 71.2 Å². The van der Waals surface area contributed by atoms with Crippen LogP contribution in [0.2, 0.25) is 0 Å². The topological polar surface area (TPSA) is 71.1 Å². The highest BCUT2D eigenvalue weighted by Gasteiger charge is 2.17. The fourth-order valence-electron chi connectivity index (χ4n) is 3.33. The van der Waals surface area contributed by atoms with Gasteiger partial charge in [0, 0.05) is 35.1 Å². The van der Waals surface area contributed by atoms with Gasteiger partial charge in [0.25, 0.3) is 0 Å². The summed E-state index contributed by atoms with van der Waals surface area (Å²) in [5, 5.41) is 8.50. The van der Waals surface area contributed by atoms with E-state index in [2.05, 4.69) is 44.7 Å². The molecule has 8 heteroatoms. The van der Waals surface area contributed by atoms with Crippen LogP contribution in [0.5, 0.6) is 0 Å². The standard InChI is InChI=1S/C22H23N3O2S2.ClH/c1-16(14-23-9-6-17-2-5-22-19(12-17)8-11-28-22)25-29(26,27)21-4-3-20-15-24-10-7-18(20)13-21;/h2-5,7-8,10-13,15-16,23,25H,6,9,14H2,1H3;1H/t16-;/m1./s1. The van der Waals surface area contributed by atoms with Crippen molar-refractivity contribution >= 4 is 54.6 Å². The molecule has 0 spiro atoms. The van der Waals surface area contributed by atoms with Gasteiger partial charge in [0.2, 0.25) is 10.0 Å². The van der Waals surface area contributed by atoms with Gasteiger partial charge in [-0.3, -0.25) is 4.98 Å². The molecule has 0 aliphatic heterocycles. The Kier molecular flexibility index (Phi) is 7.44. The first-order valence-corrected chi connectivity index (χ1v) is 11.9. The number of nitrogens with zero attached hydrogens (tertiary/aromatic N) is 1. The quantitative estimate of drug-likeness (QED) is 0.382. The van der Waals surface area contributed by atoms with Crippen LogP contribution < -0.4 is 10.0 Å². The third-order valence-corrected chi connectivity index (χ3v) is 7.32. The number of hydrogen-bond donors (Lipinski definition) is 2. The zero-order valence-corrected chi connectivity index (χ0v) is 19.0. The maximum atomic E-state index is 12.7. The highest BCUT2D eigenvalue weighted by molar-refractivity contribution is 7.89. The van der Waals surface area contributed by atoms with E-state index < -0.39 is 10.0 Å². The SMILES string of the molecule is C[C@H](CNCCc1ccc2sccc2c1)NS(=O)(=O)c1ccc2cnccc2c1.Cl. The normalized spacial score (nSPS) is 12.7. The van der Waals surface area contributed by atoms with E-state index in [4.69, 9.17) is 0 Å². The molecule has 30 heavy (non-hydrogen) atoms. The summed E-state index contributed by atoms with van der Waals surface area (Å²) in [5.74, 6) is 0. The molecule has 0 bridgehead atoms. The highest BCUT2D eigenvalue weighted by Crippen LogP contribution is 2.22. The smallest absolute Gasteiger partial charge is 0.240 e. The van der Waals surface area contributed by atoms with Crippen LogP contribution in [-0.4, -0.2) is 32.5 Å². The van der Waals surface area contributed by atoms with E-state index >= 15 is 0 Å². The van der Waals surface area contributed by atoms with Crippen molar-refractivity contribution in [3.8, 4) is 0 Å². The fraction of sp³-hybridized carbons (Fsp3) is 0.227. The van der Waals surface area contributed by atoms with E-state index in [0.717, 1.165) is 23.7 Å². The number of pyridine rings is 1. The maximum absolute atomic E-state index is 12.7. The molecule has 0 saturated heterocycles. The summed E-state index contributed by atoms with van der Waals surface area (Å²) >= 11 is 1.75. The summed E-state index contributed by atoms with van der Waals surface area (Å²) in [6.45, 7) is 3.23. The zero-order valence-electron chi connectivity index (χ0n) is 16.5. The number of halogens is 1. The van der Waals surface area contributed by atoms with Gasteiger partial charge in [0.05, 0.1) is 4.90 Å². The molecule has 0 fully saturated rings. The Morgan fingerprint density at radius 3 is 2.77 bits per heavy atom. The number of fused-ring (bicyclic) bond motifs is 2. The fourth-order valence-corrected chi connectivity index (χ4v) is 5.38. The van der Waals surface area contributed by atoms with Crippen molar-refractivity contribution in [2.45, 2.75) is 24.3 Å². The van der Waals surface area contributed by atoms with Crippen molar-refractivity contribution < 1.29 is 8.42 Å². The highest BCUT2D eigenvalue weighted by atomic mass is 35.5. The first kappa shape index (κ1) is 22.7. The van der Waals surface area contributed by atoms with Crippen molar-refractivity contribution in [2.24, 2.45) is 0 Å². The van der Waals surface area contributed by atoms with Crippen LogP contribution in [0.3, 0.4) is 0 Å². The second-order valence-electron chi connectivity index (χ2n) is 7.15. The molecule has 2 N–H and O–H groups in total. The number of aromatic nitrogens is 1. The zero-order chi connectivity index (χ0) is 20.3. The van der Waals surface area contributed by atoms with E-state index in [0.29, 0.717) is 6.54 Å². The van der Waals surface area contributed by atoms with Crippen LogP contribution in [0, 0.1) is 0 Å². The maximum Gasteiger partial charge on any atom is 0.240 e. The Balaban J connectivity index is 0.00000256. The molecule has 0 aliphatic carbocycles. The summed E-state index contributed by atoms with van der Waals surface area (Å²) in [4.78, 5) is 4.33. The molecule has 158 valence electrons. The molecule has 2 heterocycles. The molecule has 2 aromatic heterocycles. The van der Waals surface area contributed by atoms with Gasteiger partial charge >= 0.3 is 0 Å². The summed E-state index contributed by atoms with van der Waals surface area (Å²) in [6, 6.07) is 15.3. The molecule has 2 aromatic carbocycles. The van der Waals surface area contributed by atoms with Crippen molar-refractivity contribution in [3.63, 3.8) is 0 Å². The van der Waals surface area contributed by atoms with Crippen molar-refractivity contribution in [1.82, 2.24) is 15.0 Å². The summed E-state index contributed by atoms with van der Waals surface area (Å²) in [7, 11) is -3.57. The second kappa shape index (κ2) is 9.85. The lowest BCUT2D eigenvalue weighted by Crippen LogP contribution is -2.40. The molecule has 4 rings (SSSR count). The lowest BCUT2D eigenvalue weighted by Gasteiger charge is -2.15. The van der Waals surface area contributed by atoms with Crippen molar-refractivity contribution in [1.29, 1.82) is 0 Å². The van der Waals surface area contributed by atoms with Crippen LogP contribution in [0.25, 0.3) is 20.9 Å². The summed E-state index contributed by atoms with van der Waals surface area (Å²) < 4.78 is 29.4. The van der Waals surface area contributed by atoms with Crippen LogP contribution in [0.4, 0.5) is 0 Å². The molecular formula is C22H24ClN3O2S2. The number of benzene rings is 2. The molecule has 0 radical (unpaired) electrons. The van der Waals surface area contributed by atoms with Gasteiger partial charge in [0.15, 0.2) is 0 Å². The van der Waals surface area contributed by atoms with Gasteiger partial charge < -0.3 is 5.32 Å². The molecule has 0 saturated carbocycles. The molecule has 0 aliphatic rings. The van der Waals surface area contributed by atoms with Gasteiger partial charge in [-0.25, -0.2) is 13.1 Å². The largest absolute Gasteiger partial charge is 0.315 e. The number of thiophene rings is 1. The van der Waals surface area contributed by atoms with Crippen LogP contribution >= 0.6 is 23.7 Å². The van der Waals surface area contributed by atoms with Gasteiger partial charge in [-0.2, -0.15) is 0 Å². The lowest BCUT2D eigenvalue weighted by atomic mass is 10.1. The molecule has 4 aromatic rings. The minimum absolute atomic E-state index is 0. The van der Waals surface area contributed by atoms with E-state index in [1.807, 2.05) is 13.0 Å². The third-order valence-electron chi connectivity index (χ3n) is 4.84. The predicted octanol–water partition coefficient (Wildman–Crippen LogP) is 4.37. The van der Waals surface area contributed by atoms with Crippen molar-refractivity contribution in [3.05, 3.63) is 71.9 Å². The molecule has 1 atom stereocenters. The summed E-state index contributed by atoms with van der Waals surface area (Å²) in [5.41, 5.74) is 1.28. The number of sulfonamides is 1. The van der Waals surface area contributed by atoms with E-state index in [-0.39, 0.29) is 23.3 Å². The number of nitrogens with one attached hydrogen (secondary N) is 2. The Labute approximate surface area is 187 Å². The van der Waals surface area contributed by atoms with Gasteiger partial charge in [-0.05, 0) is 71.9 Å². The first-order chi connectivity index (χ1) is 14.0. The Morgan fingerprint density at radius 2 is 1.90 bits per heavy atom. The lowest BCUT2D eigenvalue weighted by molar-refractivity contribution is 0.537. The predicted molar refractivity (Wildman–Crippen MR) is 127 cm³/mol. The second-order valence-corrected chi connectivity index (χ2v) is 9.82. The molecule has 5 nitrogen and oxygen atoms in total. The average molecular weight is 462 g/mol. The minimum Gasteiger partial charge on any atom is -0.315 e. The molecular weight excluding hydrogens is 438 g/mol. The van der Waals surface area contributed by atoms with Gasteiger partial charge in [-0.1, -0.05) is 18.2 Å². The van der Waals surface area contributed by atoms with E-state index in [9.17, 15) is 8.42 Å². The molecule has 0 amide bonds. The number of hydrogen-bond acceptors (Lipinski definition) is 5. The van der Waals surface area contributed by atoms with E-state index in [1.54, 1.807) is 41.9 Å². The Bertz CT molecular complexity index is 1240. The minimum atomic E-state index is -3.57. The monoisotopic (exact) mass is 461 g/mol. The number of rotatable bonds is 8. The van der Waals surface area contributed by atoms with Gasteiger partial charge in [0.1, 0.15) is 0 Å². The van der Waals surface area contributed by atoms with Crippen molar-refractivity contribution in [2.75, 3.05) is 13.1 Å². The summed E-state index contributed by atoms with van der Waals surface area (Å²) in [6.07, 6.45) is 4.29. The molecule has 0 unspecified atom stereocenters. The van der Waals surface area contributed by atoms with Gasteiger partial charge in [-0.15, -0.1) is 23.7 Å². The Hall–Kier alpha value is -2.03. The van der Waals surface area contributed by atoms with Crippen LogP contribution in [0.1, 0.15) is 12.5 Å². The third kappa shape index (κ3) is 5.36. The first-order valence-electron chi connectivity index (χ1n) is 9.54. The average Bonchev–Trinajstić information content (AvgIpc) is 3.18.